The van der Waals surface area contributed by atoms with Gasteiger partial charge in [0.05, 0.1) is 0 Å². The number of piperazine rings is 1. The highest BCUT2D eigenvalue weighted by Gasteiger charge is 2.33. The predicted molar refractivity (Wildman–Crippen MR) is 86.2 cm³/mol. The Morgan fingerprint density at radius 2 is 1.77 bits per heavy atom. The molecule has 2 fully saturated rings. The zero-order chi connectivity index (χ0) is 15.6. The van der Waals surface area contributed by atoms with E-state index >= 15 is 0 Å². The maximum atomic E-state index is 12.5. The van der Waals surface area contributed by atoms with E-state index in [2.05, 4.69) is 0 Å². The highest BCUT2D eigenvalue weighted by Crippen LogP contribution is 2.27. The van der Waals surface area contributed by atoms with Gasteiger partial charge in [-0.2, -0.15) is 4.31 Å². The molecule has 22 heavy (non-hydrogen) atoms. The minimum Gasteiger partial charge on any atom is -0.340 e. The van der Waals surface area contributed by atoms with E-state index in [9.17, 15) is 13.2 Å². The first-order valence-electron chi connectivity index (χ1n) is 7.91. The summed E-state index contributed by atoms with van der Waals surface area (Å²) in [6, 6.07) is 3.39. The second-order valence-corrected chi connectivity index (χ2v) is 9.11. The molecule has 122 valence electrons. The van der Waals surface area contributed by atoms with Gasteiger partial charge in [0.25, 0.3) is 10.0 Å². The Morgan fingerprint density at radius 3 is 2.36 bits per heavy atom. The van der Waals surface area contributed by atoms with Gasteiger partial charge in [-0.25, -0.2) is 8.42 Å². The summed E-state index contributed by atoms with van der Waals surface area (Å²) >= 11 is 1.24. The first-order chi connectivity index (χ1) is 10.6. The number of nitrogens with zero attached hydrogens (tertiary/aromatic N) is 2. The summed E-state index contributed by atoms with van der Waals surface area (Å²) in [5.74, 6) is 0.391. The Balaban J connectivity index is 1.59. The molecule has 0 atom stereocenters. The number of rotatable bonds is 3. The van der Waals surface area contributed by atoms with Gasteiger partial charge < -0.3 is 4.90 Å². The molecule has 0 N–H and O–H groups in total. The first-order valence-corrected chi connectivity index (χ1v) is 10.2. The van der Waals surface area contributed by atoms with Crippen LogP contribution in [0.4, 0.5) is 0 Å². The van der Waals surface area contributed by atoms with Crippen LogP contribution in [0.25, 0.3) is 0 Å². The van der Waals surface area contributed by atoms with Crippen molar-refractivity contribution in [3.63, 3.8) is 0 Å². The third-order valence-electron chi connectivity index (χ3n) is 4.59. The molecule has 2 aliphatic rings. The number of amides is 1. The quantitative estimate of drug-likeness (QED) is 0.846. The lowest BCUT2D eigenvalue weighted by molar-refractivity contribution is -0.137. The summed E-state index contributed by atoms with van der Waals surface area (Å²) in [7, 11) is -3.38. The average Bonchev–Trinajstić information content (AvgIpc) is 3.10. The van der Waals surface area contributed by atoms with Crippen molar-refractivity contribution in [1.29, 1.82) is 0 Å². The highest BCUT2D eigenvalue weighted by molar-refractivity contribution is 7.91. The molecule has 1 aliphatic heterocycles. The Bertz CT molecular complexity index is 599. The van der Waals surface area contributed by atoms with Gasteiger partial charge in [-0.05, 0) is 24.3 Å². The molecule has 0 aromatic carbocycles. The number of thiophene rings is 1. The molecule has 0 unspecified atom stereocenters. The van der Waals surface area contributed by atoms with Crippen molar-refractivity contribution in [1.82, 2.24) is 9.21 Å². The molecule has 0 bridgehead atoms. The summed E-state index contributed by atoms with van der Waals surface area (Å²) in [4.78, 5) is 14.4. The van der Waals surface area contributed by atoms with Crippen molar-refractivity contribution >= 4 is 27.3 Å². The van der Waals surface area contributed by atoms with Gasteiger partial charge in [0.2, 0.25) is 5.91 Å². The number of carbonyl (C=O) groups is 1. The first kappa shape index (κ1) is 16.0. The molecule has 0 radical (unpaired) electrons. The molecule has 5 nitrogen and oxygen atoms in total. The lowest BCUT2D eigenvalue weighted by Gasteiger charge is -2.36. The van der Waals surface area contributed by atoms with Gasteiger partial charge in [0, 0.05) is 32.1 Å². The van der Waals surface area contributed by atoms with Crippen LogP contribution in [0.15, 0.2) is 21.7 Å². The van der Waals surface area contributed by atoms with Crippen molar-refractivity contribution in [2.75, 3.05) is 26.2 Å². The van der Waals surface area contributed by atoms with E-state index in [4.69, 9.17) is 0 Å². The average molecular weight is 342 g/mol. The van der Waals surface area contributed by atoms with Crippen LogP contribution in [-0.2, 0) is 14.8 Å². The third kappa shape index (κ3) is 3.21. The van der Waals surface area contributed by atoms with Gasteiger partial charge in [0.1, 0.15) is 4.21 Å². The van der Waals surface area contributed by atoms with Crippen molar-refractivity contribution < 1.29 is 13.2 Å². The Kier molecular flexibility index (Phi) is 4.84. The Morgan fingerprint density at radius 1 is 1.09 bits per heavy atom. The monoisotopic (exact) mass is 342 g/mol. The summed E-state index contributed by atoms with van der Waals surface area (Å²) in [5.41, 5.74) is 0. The molecule has 3 rings (SSSR count). The predicted octanol–water partition coefficient (Wildman–Crippen LogP) is 2.16. The van der Waals surface area contributed by atoms with E-state index in [0.717, 1.165) is 25.7 Å². The largest absolute Gasteiger partial charge is 0.340 e. The molecule has 1 saturated carbocycles. The topological polar surface area (TPSA) is 57.7 Å². The molecule has 7 heteroatoms. The Hall–Kier alpha value is -0.920. The van der Waals surface area contributed by atoms with Gasteiger partial charge in [0.15, 0.2) is 0 Å². The van der Waals surface area contributed by atoms with E-state index in [-0.39, 0.29) is 11.8 Å². The standard InChI is InChI=1S/C15H22N2O3S2/c18-15(13-5-2-1-3-6-13)16-8-10-17(11-9-16)22(19,20)14-7-4-12-21-14/h4,7,12-13H,1-3,5-6,8-11H2. The summed E-state index contributed by atoms with van der Waals surface area (Å²) in [6.07, 6.45) is 5.50. The molecule has 1 saturated heterocycles. The van der Waals surface area contributed by atoms with Crippen LogP contribution < -0.4 is 0 Å². The summed E-state index contributed by atoms with van der Waals surface area (Å²) in [6.45, 7) is 1.83. The number of hydrogen-bond acceptors (Lipinski definition) is 4. The van der Waals surface area contributed by atoms with Gasteiger partial charge in [-0.1, -0.05) is 25.3 Å². The minimum absolute atomic E-state index is 0.161. The smallest absolute Gasteiger partial charge is 0.252 e. The van der Waals surface area contributed by atoms with E-state index in [1.54, 1.807) is 17.5 Å². The molecule has 2 heterocycles. The zero-order valence-electron chi connectivity index (χ0n) is 12.6. The normalized spacial score (nSPS) is 21.9. The lowest BCUT2D eigenvalue weighted by atomic mass is 9.88. The highest BCUT2D eigenvalue weighted by atomic mass is 32.2. The van der Waals surface area contributed by atoms with Gasteiger partial charge >= 0.3 is 0 Å². The van der Waals surface area contributed by atoms with Crippen LogP contribution in [0.5, 0.6) is 0 Å². The number of carbonyl (C=O) groups excluding carboxylic acids is 1. The fourth-order valence-electron chi connectivity index (χ4n) is 3.29. The van der Waals surface area contributed by atoms with Crippen LogP contribution in [0, 0.1) is 5.92 Å². The fourth-order valence-corrected chi connectivity index (χ4v) is 5.86. The van der Waals surface area contributed by atoms with E-state index in [1.165, 1.54) is 22.1 Å². The van der Waals surface area contributed by atoms with Gasteiger partial charge in [-0.3, -0.25) is 4.79 Å². The molecule has 1 aromatic rings. The third-order valence-corrected chi connectivity index (χ3v) is 7.87. The SMILES string of the molecule is O=C(C1CCCCC1)N1CCN(S(=O)(=O)c2cccs2)CC1. The van der Waals surface area contributed by atoms with Crippen molar-refractivity contribution in [3.05, 3.63) is 17.5 Å². The maximum absolute atomic E-state index is 12.5. The lowest BCUT2D eigenvalue weighted by Crippen LogP contribution is -2.51. The minimum atomic E-state index is -3.38. The van der Waals surface area contributed by atoms with Crippen molar-refractivity contribution in [2.24, 2.45) is 5.92 Å². The summed E-state index contributed by atoms with van der Waals surface area (Å²) in [5, 5.41) is 1.77. The summed E-state index contributed by atoms with van der Waals surface area (Å²) < 4.78 is 26.8. The van der Waals surface area contributed by atoms with Crippen LogP contribution in [0.1, 0.15) is 32.1 Å². The fraction of sp³-hybridized carbons (Fsp3) is 0.667. The molecular weight excluding hydrogens is 320 g/mol. The van der Waals surface area contributed by atoms with Gasteiger partial charge in [-0.15, -0.1) is 11.3 Å². The maximum Gasteiger partial charge on any atom is 0.252 e. The zero-order valence-corrected chi connectivity index (χ0v) is 14.2. The van der Waals surface area contributed by atoms with Crippen LogP contribution >= 0.6 is 11.3 Å². The van der Waals surface area contributed by atoms with E-state index < -0.39 is 10.0 Å². The molecule has 1 amide bonds. The van der Waals surface area contributed by atoms with Crippen LogP contribution in [-0.4, -0.2) is 49.7 Å². The molecule has 0 spiro atoms. The van der Waals surface area contributed by atoms with E-state index in [1.807, 2.05) is 4.90 Å². The van der Waals surface area contributed by atoms with Crippen molar-refractivity contribution in [3.8, 4) is 0 Å². The number of hydrogen-bond donors (Lipinski definition) is 0. The Labute approximate surface area is 136 Å². The molecule has 1 aliphatic carbocycles. The van der Waals surface area contributed by atoms with Crippen molar-refractivity contribution in [2.45, 2.75) is 36.3 Å². The second kappa shape index (κ2) is 6.68. The molecule has 1 aromatic heterocycles. The van der Waals surface area contributed by atoms with Crippen LogP contribution in [0.2, 0.25) is 0 Å². The molecular formula is C15H22N2O3S2. The second-order valence-electron chi connectivity index (χ2n) is 6.00. The van der Waals surface area contributed by atoms with E-state index in [0.29, 0.717) is 30.4 Å². The van der Waals surface area contributed by atoms with Crippen LogP contribution in [0.3, 0.4) is 0 Å². The number of sulfonamides is 1.